The Bertz CT molecular complexity index is 934. The Kier molecular flexibility index (Phi) is 5.77. The van der Waals surface area contributed by atoms with Crippen molar-refractivity contribution in [2.45, 2.75) is 12.8 Å². The summed E-state index contributed by atoms with van der Waals surface area (Å²) < 4.78 is 49.0. The third-order valence-corrected chi connectivity index (χ3v) is 4.06. The van der Waals surface area contributed by atoms with Gasteiger partial charge < -0.3 is 9.47 Å². The van der Waals surface area contributed by atoms with E-state index in [0.717, 1.165) is 11.6 Å². The number of hydrogen-bond donors (Lipinski definition) is 0. The van der Waals surface area contributed by atoms with Crippen LogP contribution in [0.1, 0.15) is 11.1 Å². The first-order valence-electron chi connectivity index (χ1n) is 7.70. The zero-order valence-corrected chi connectivity index (χ0v) is 15.1. The van der Waals surface area contributed by atoms with Gasteiger partial charge in [-0.05, 0) is 23.8 Å². The van der Waals surface area contributed by atoms with Crippen molar-refractivity contribution < 1.29 is 22.6 Å². The van der Waals surface area contributed by atoms with Crippen molar-refractivity contribution in [3.63, 3.8) is 0 Å². The molecule has 0 atom stereocenters. The molecule has 140 valence electrons. The fourth-order valence-electron chi connectivity index (χ4n) is 2.16. The van der Waals surface area contributed by atoms with Crippen molar-refractivity contribution in [3.05, 3.63) is 82.0 Å². The minimum Gasteiger partial charge on any atom is -0.487 e. The van der Waals surface area contributed by atoms with Gasteiger partial charge in [-0.2, -0.15) is 13.2 Å². The smallest absolute Gasteiger partial charge is 0.417 e. The fourth-order valence-corrected chi connectivity index (χ4v) is 2.59. The molecule has 27 heavy (non-hydrogen) atoms. The van der Waals surface area contributed by atoms with E-state index in [-0.39, 0.29) is 21.7 Å². The van der Waals surface area contributed by atoms with Gasteiger partial charge in [-0.3, -0.25) is 0 Å². The average molecular weight is 414 g/mol. The molecule has 0 N–H and O–H groups in total. The summed E-state index contributed by atoms with van der Waals surface area (Å²) in [6.45, 7) is 0.340. The second-order valence-electron chi connectivity index (χ2n) is 5.48. The van der Waals surface area contributed by atoms with Crippen molar-refractivity contribution in [1.29, 1.82) is 0 Å². The van der Waals surface area contributed by atoms with Crippen molar-refractivity contribution in [3.8, 4) is 17.4 Å². The molecule has 0 aliphatic carbocycles. The van der Waals surface area contributed by atoms with Crippen LogP contribution in [0.5, 0.6) is 17.4 Å². The lowest BCUT2D eigenvalue weighted by atomic mass is 10.2. The molecule has 0 saturated heterocycles. The quantitative estimate of drug-likeness (QED) is 0.461. The number of alkyl halides is 3. The minimum absolute atomic E-state index is 0.154. The van der Waals surface area contributed by atoms with Crippen LogP contribution in [0.25, 0.3) is 0 Å². The van der Waals surface area contributed by atoms with E-state index >= 15 is 0 Å². The molecule has 0 radical (unpaired) electrons. The van der Waals surface area contributed by atoms with Crippen LogP contribution in [-0.4, -0.2) is 4.98 Å². The average Bonchev–Trinajstić information content (AvgIpc) is 2.63. The third-order valence-electron chi connectivity index (χ3n) is 3.49. The number of aromatic nitrogens is 1. The SMILES string of the molecule is FC(F)(F)c1cnc(Oc2ccc(OCc3ccccc3)c(Cl)c2)c(Cl)c1. The van der Waals surface area contributed by atoms with E-state index in [4.69, 9.17) is 32.7 Å². The Morgan fingerprint density at radius 3 is 2.30 bits per heavy atom. The molecule has 0 saturated carbocycles. The van der Waals surface area contributed by atoms with Gasteiger partial charge in [-0.1, -0.05) is 53.5 Å². The maximum Gasteiger partial charge on any atom is 0.417 e. The number of pyridine rings is 1. The summed E-state index contributed by atoms with van der Waals surface area (Å²) in [7, 11) is 0. The highest BCUT2D eigenvalue weighted by molar-refractivity contribution is 6.32. The fraction of sp³-hybridized carbons (Fsp3) is 0.105. The first-order chi connectivity index (χ1) is 12.8. The topological polar surface area (TPSA) is 31.4 Å². The van der Waals surface area contributed by atoms with E-state index in [1.807, 2.05) is 30.3 Å². The van der Waals surface area contributed by atoms with Crippen molar-refractivity contribution >= 4 is 23.2 Å². The standard InChI is InChI=1S/C19H12Cl2F3NO2/c20-15-9-14(6-7-17(15)26-11-12-4-2-1-3-5-12)27-18-16(21)8-13(10-25-18)19(22,23)24/h1-10H,11H2. The maximum atomic E-state index is 12.6. The summed E-state index contributed by atoms with van der Waals surface area (Å²) in [6, 6.07) is 14.9. The molecule has 0 aliphatic heterocycles. The molecule has 0 bridgehead atoms. The normalized spacial score (nSPS) is 11.3. The summed E-state index contributed by atoms with van der Waals surface area (Å²) >= 11 is 12.0. The van der Waals surface area contributed by atoms with Crippen molar-refractivity contribution in [1.82, 2.24) is 4.98 Å². The molecular formula is C19H12Cl2F3NO2. The van der Waals surface area contributed by atoms with E-state index in [1.165, 1.54) is 6.07 Å². The zero-order chi connectivity index (χ0) is 19.4. The Labute approximate surface area is 163 Å². The predicted molar refractivity (Wildman–Crippen MR) is 96.5 cm³/mol. The highest BCUT2D eigenvalue weighted by Crippen LogP contribution is 2.36. The monoisotopic (exact) mass is 413 g/mol. The van der Waals surface area contributed by atoms with Gasteiger partial charge in [0.2, 0.25) is 5.88 Å². The van der Waals surface area contributed by atoms with E-state index in [9.17, 15) is 13.2 Å². The Balaban J connectivity index is 1.70. The number of benzene rings is 2. The van der Waals surface area contributed by atoms with Crippen LogP contribution in [0.3, 0.4) is 0 Å². The van der Waals surface area contributed by atoms with E-state index in [0.29, 0.717) is 18.6 Å². The van der Waals surface area contributed by atoms with Gasteiger partial charge in [-0.15, -0.1) is 0 Å². The second kappa shape index (κ2) is 8.06. The van der Waals surface area contributed by atoms with Gasteiger partial charge in [0.05, 0.1) is 10.6 Å². The van der Waals surface area contributed by atoms with Gasteiger partial charge in [0.15, 0.2) is 0 Å². The van der Waals surface area contributed by atoms with E-state index in [2.05, 4.69) is 4.98 Å². The summed E-state index contributed by atoms with van der Waals surface area (Å²) in [5, 5.41) is 0.0248. The van der Waals surface area contributed by atoms with E-state index < -0.39 is 11.7 Å². The maximum absolute atomic E-state index is 12.6. The molecule has 2 aromatic carbocycles. The highest BCUT2D eigenvalue weighted by atomic mass is 35.5. The van der Waals surface area contributed by atoms with Crippen molar-refractivity contribution in [2.24, 2.45) is 0 Å². The lowest BCUT2D eigenvalue weighted by molar-refractivity contribution is -0.137. The van der Waals surface area contributed by atoms with Crippen molar-refractivity contribution in [2.75, 3.05) is 0 Å². The largest absolute Gasteiger partial charge is 0.487 e. The second-order valence-corrected chi connectivity index (χ2v) is 6.29. The van der Waals surface area contributed by atoms with Gasteiger partial charge in [0.25, 0.3) is 0 Å². The summed E-state index contributed by atoms with van der Waals surface area (Å²) in [6.07, 6.45) is -3.88. The molecule has 3 nitrogen and oxygen atoms in total. The lowest BCUT2D eigenvalue weighted by Gasteiger charge is -2.12. The molecule has 0 unspecified atom stereocenters. The first-order valence-corrected chi connectivity index (χ1v) is 8.45. The number of ether oxygens (including phenoxy) is 2. The molecule has 0 aliphatic rings. The Hall–Kier alpha value is -2.44. The summed E-state index contributed by atoms with van der Waals surface area (Å²) in [5.74, 6) is 0.555. The van der Waals surface area contributed by atoms with Crippen LogP contribution in [0, 0.1) is 0 Å². The third kappa shape index (κ3) is 5.05. The molecule has 1 aromatic heterocycles. The van der Waals surface area contributed by atoms with Crippen LogP contribution in [0.2, 0.25) is 10.0 Å². The molecule has 1 heterocycles. The van der Waals surface area contributed by atoms with Gasteiger partial charge in [0, 0.05) is 12.3 Å². The van der Waals surface area contributed by atoms with Gasteiger partial charge in [-0.25, -0.2) is 4.98 Å². The molecular weight excluding hydrogens is 402 g/mol. The number of halogens is 5. The van der Waals surface area contributed by atoms with Crippen LogP contribution < -0.4 is 9.47 Å². The van der Waals surface area contributed by atoms with E-state index in [1.54, 1.807) is 12.1 Å². The molecule has 8 heteroatoms. The zero-order valence-electron chi connectivity index (χ0n) is 13.6. The Morgan fingerprint density at radius 1 is 0.926 bits per heavy atom. The lowest BCUT2D eigenvalue weighted by Crippen LogP contribution is -2.05. The van der Waals surface area contributed by atoms with Crippen LogP contribution in [-0.2, 0) is 12.8 Å². The van der Waals surface area contributed by atoms with Crippen LogP contribution in [0.4, 0.5) is 13.2 Å². The minimum atomic E-state index is -4.53. The van der Waals surface area contributed by atoms with Gasteiger partial charge >= 0.3 is 6.18 Å². The number of nitrogens with zero attached hydrogens (tertiary/aromatic N) is 1. The molecule has 0 amide bonds. The molecule has 3 rings (SSSR count). The van der Waals surface area contributed by atoms with Crippen LogP contribution >= 0.6 is 23.2 Å². The highest BCUT2D eigenvalue weighted by Gasteiger charge is 2.31. The first kappa shape index (κ1) is 19.3. The molecule has 0 fully saturated rings. The summed E-state index contributed by atoms with van der Waals surface area (Å²) in [5.41, 5.74) is 0.0252. The summed E-state index contributed by atoms with van der Waals surface area (Å²) in [4.78, 5) is 3.62. The predicted octanol–water partition coefficient (Wildman–Crippen LogP) is 6.78. The molecule has 0 spiro atoms. The van der Waals surface area contributed by atoms with Crippen LogP contribution in [0.15, 0.2) is 60.8 Å². The molecule has 3 aromatic rings. The number of hydrogen-bond acceptors (Lipinski definition) is 3. The number of rotatable bonds is 5. The van der Waals surface area contributed by atoms with Gasteiger partial charge in [0.1, 0.15) is 23.1 Å². The Morgan fingerprint density at radius 2 is 1.67 bits per heavy atom.